The number of nitrogens with zero attached hydrogens (tertiary/aromatic N) is 1. The van der Waals surface area contributed by atoms with Crippen LogP contribution in [0.15, 0.2) is 18.2 Å². The lowest BCUT2D eigenvalue weighted by Crippen LogP contribution is -2.32. The number of carbonyl (C=O) groups is 1. The monoisotopic (exact) mass is 301 g/mol. The Morgan fingerprint density at radius 1 is 1.33 bits per heavy atom. The highest BCUT2D eigenvalue weighted by atomic mass is 16.8. The molecule has 0 bridgehead atoms. The Bertz CT molecular complexity index is 504. The van der Waals surface area contributed by atoms with E-state index in [1.807, 2.05) is 0 Å². The first-order valence-corrected chi connectivity index (χ1v) is 5.71. The van der Waals surface area contributed by atoms with Crippen LogP contribution in [0.2, 0.25) is 0 Å². The third-order valence-corrected chi connectivity index (χ3v) is 2.33. The van der Waals surface area contributed by atoms with Crippen molar-refractivity contribution >= 4 is 11.7 Å². The van der Waals surface area contributed by atoms with Crippen molar-refractivity contribution in [3.63, 3.8) is 0 Å². The second-order valence-corrected chi connectivity index (χ2v) is 3.64. The van der Waals surface area contributed by atoms with E-state index in [9.17, 15) is 14.9 Å². The summed E-state index contributed by atoms with van der Waals surface area (Å²) in [5.41, 5.74) is -0.342. The number of hydrogen-bond acceptors (Lipinski definition) is 8. The molecule has 0 saturated carbocycles. The van der Waals surface area contributed by atoms with E-state index in [2.05, 4.69) is 9.47 Å². The fourth-order valence-corrected chi connectivity index (χ4v) is 1.36. The largest absolute Gasteiger partial charge is 0.497 e. The number of methoxy groups -OCH3 is 3. The number of nitro benzene ring substituents is 1. The minimum absolute atomic E-state index is 0.189. The van der Waals surface area contributed by atoms with Crippen LogP contribution in [0.3, 0.4) is 0 Å². The lowest BCUT2D eigenvalue weighted by Gasteiger charge is -2.17. The Hall–Kier alpha value is -2.39. The topological polar surface area (TPSA) is 106 Å². The number of carbonyl (C=O) groups excluding carboxylic acids is 1. The van der Waals surface area contributed by atoms with E-state index in [1.165, 1.54) is 32.4 Å². The highest BCUT2D eigenvalue weighted by molar-refractivity contribution is 5.73. The smallest absolute Gasteiger partial charge is 0.376 e. The molecule has 21 heavy (non-hydrogen) atoms. The third kappa shape index (κ3) is 4.58. The van der Waals surface area contributed by atoms with Crippen LogP contribution >= 0.6 is 0 Å². The number of hydrogen-bond donors (Lipinski definition) is 0. The van der Waals surface area contributed by atoms with Crippen LogP contribution in [-0.2, 0) is 19.0 Å². The summed E-state index contributed by atoms with van der Waals surface area (Å²) in [6.45, 7) is -0.252. The normalized spacial score (nSPS) is 11.6. The summed E-state index contributed by atoms with van der Waals surface area (Å²) in [6, 6.07) is 3.86. The van der Waals surface area contributed by atoms with Crippen molar-refractivity contribution in [2.75, 3.05) is 28.1 Å². The molecule has 0 heterocycles. The molecule has 0 saturated heterocycles. The Balaban J connectivity index is 3.05. The first-order chi connectivity index (χ1) is 10.0. The molecule has 9 heteroatoms. The third-order valence-electron chi connectivity index (χ3n) is 2.33. The lowest BCUT2D eigenvalue weighted by atomic mass is 10.3. The van der Waals surface area contributed by atoms with Crippen molar-refractivity contribution in [2.24, 2.45) is 0 Å². The molecule has 1 unspecified atom stereocenters. The summed E-state index contributed by atoms with van der Waals surface area (Å²) in [7, 11) is 3.88. The molecule has 0 aliphatic carbocycles. The zero-order chi connectivity index (χ0) is 15.8. The number of esters is 1. The number of rotatable bonds is 8. The van der Waals surface area contributed by atoms with E-state index < -0.39 is 17.2 Å². The Kier molecular flexibility index (Phi) is 6.37. The molecule has 9 nitrogen and oxygen atoms in total. The number of nitro groups is 1. The number of ether oxygens (including phenoxy) is 5. The van der Waals surface area contributed by atoms with Gasteiger partial charge in [0.15, 0.2) is 6.79 Å². The van der Waals surface area contributed by atoms with Crippen LogP contribution in [0, 0.1) is 10.1 Å². The van der Waals surface area contributed by atoms with Gasteiger partial charge in [-0.25, -0.2) is 4.79 Å². The molecule has 1 atom stereocenters. The molecule has 1 aromatic rings. The van der Waals surface area contributed by atoms with Crippen LogP contribution in [-0.4, -0.2) is 45.3 Å². The van der Waals surface area contributed by atoms with Crippen LogP contribution < -0.4 is 9.47 Å². The van der Waals surface area contributed by atoms with E-state index >= 15 is 0 Å². The maximum atomic E-state index is 11.5. The summed E-state index contributed by atoms with van der Waals surface area (Å²) < 4.78 is 24.3. The zero-order valence-electron chi connectivity index (χ0n) is 11.7. The van der Waals surface area contributed by atoms with Gasteiger partial charge in [0.25, 0.3) is 0 Å². The average molecular weight is 301 g/mol. The van der Waals surface area contributed by atoms with Crippen molar-refractivity contribution in [2.45, 2.75) is 6.29 Å². The molecule has 0 fully saturated rings. The average Bonchev–Trinajstić information content (AvgIpc) is 2.49. The molecule has 0 aromatic heterocycles. The zero-order valence-corrected chi connectivity index (χ0v) is 11.7. The Morgan fingerprint density at radius 3 is 2.57 bits per heavy atom. The van der Waals surface area contributed by atoms with Crippen molar-refractivity contribution < 1.29 is 33.4 Å². The molecule has 1 rings (SSSR count). The van der Waals surface area contributed by atoms with E-state index in [1.54, 1.807) is 0 Å². The summed E-state index contributed by atoms with van der Waals surface area (Å²) in [5.74, 6) is -0.721. The van der Waals surface area contributed by atoms with Gasteiger partial charge in [-0.05, 0) is 6.07 Å². The first kappa shape index (κ1) is 16.7. The molecule has 0 N–H and O–H groups in total. The fourth-order valence-electron chi connectivity index (χ4n) is 1.36. The van der Waals surface area contributed by atoms with Crippen molar-refractivity contribution in [1.82, 2.24) is 0 Å². The molecule has 1 aromatic carbocycles. The number of benzene rings is 1. The van der Waals surface area contributed by atoms with E-state index in [-0.39, 0.29) is 18.2 Å². The van der Waals surface area contributed by atoms with Crippen LogP contribution in [0.5, 0.6) is 11.5 Å². The van der Waals surface area contributed by atoms with E-state index in [0.717, 1.165) is 7.11 Å². The summed E-state index contributed by atoms with van der Waals surface area (Å²) >= 11 is 0. The van der Waals surface area contributed by atoms with Crippen LogP contribution in [0.4, 0.5) is 5.69 Å². The standard InChI is InChI=1S/C12H15NO8/c1-17-7-20-12(11(14)19-3)21-10-6-8(18-2)4-5-9(10)13(15)16/h4-6,12H,7H2,1-3H3. The highest BCUT2D eigenvalue weighted by Gasteiger charge is 2.26. The van der Waals surface area contributed by atoms with Crippen LogP contribution in [0.25, 0.3) is 0 Å². The quantitative estimate of drug-likeness (QED) is 0.304. The molecule has 0 aliphatic rings. The van der Waals surface area contributed by atoms with Gasteiger partial charge in [0.05, 0.1) is 19.1 Å². The molecular weight excluding hydrogens is 286 g/mol. The van der Waals surface area contributed by atoms with Crippen molar-refractivity contribution in [3.05, 3.63) is 28.3 Å². The van der Waals surface area contributed by atoms with E-state index in [4.69, 9.17) is 14.2 Å². The fraction of sp³-hybridized carbons (Fsp3) is 0.417. The van der Waals surface area contributed by atoms with Gasteiger partial charge in [-0.15, -0.1) is 0 Å². The molecule has 0 spiro atoms. The van der Waals surface area contributed by atoms with Gasteiger partial charge in [0.1, 0.15) is 5.75 Å². The minimum Gasteiger partial charge on any atom is -0.497 e. The molecule has 0 aliphatic heterocycles. The van der Waals surface area contributed by atoms with Gasteiger partial charge in [-0.3, -0.25) is 10.1 Å². The molecule has 0 radical (unpaired) electrons. The predicted molar refractivity (Wildman–Crippen MR) is 69.0 cm³/mol. The van der Waals surface area contributed by atoms with Gasteiger partial charge >= 0.3 is 17.9 Å². The molecular formula is C12H15NO8. The van der Waals surface area contributed by atoms with Crippen LogP contribution in [0.1, 0.15) is 0 Å². The second-order valence-electron chi connectivity index (χ2n) is 3.64. The maximum absolute atomic E-state index is 11.5. The SMILES string of the molecule is COCOC(Oc1cc(OC)ccc1[N+](=O)[O-])C(=O)OC. The van der Waals surface area contributed by atoms with Gasteiger partial charge in [-0.1, -0.05) is 0 Å². The van der Waals surface area contributed by atoms with E-state index in [0.29, 0.717) is 5.75 Å². The second kappa shape index (κ2) is 8.02. The minimum atomic E-state index is -1.50. The maximum Gasteiger partial charge on any atom is 0.376 e. The molecule has 116 valence electrons. The lowest BCUT2D eigenvalue weighted by molar-refractivity contribution is -0.386. The summed E-state index contributed by atoms with van der Waals surface area (Å²) in [5, 5.41) is 11.0. The Morgan fingerprint density at radius 2 is 2.05 bits per heavy atom. The highest BCUT2D eigenvalue weighted by Crippen LogP contribution is 2.32. The summed E-state index contributed by atoms with van der Waals surface area (Å²) in [4.78, 5) is 21.8. The van der Waals surface area contributed by atoms with Gasteiger partial charge < -0.3 is 23.7 Å². The summed E-state index contributed by atoms with van der Waals surface area (Å²) in [6.07, 6.45) is -1.50. The Labute approximate surface area is 120 Å². The van der Waals surface area contributed by atoms with Gasteiger partial charge in [0.2, 0.25) is 5.75 Å². The van der Waals surface area contributed by atoms with Crippen molar-refractivity contribution in [1.29, 1.82) is 0 Å². The predicted octanol–water partition coefficient (Wildman–Crippen LogP) is 1.10. The van der Waals surface area contributed by atoms with Gasteiger partial charge in [0, 0.05) is 19.2 Å². The van der Waals surface area contributed by atoms with Crippen molar-refractivity contribution in [3.8, 4) is 11.5 Å². The van der Waals surface area contributed by atoms with Gasteiger partial charge in [-0.2, -0.15) is 0 Å². The first-order valence-electron chi connectivity index (χ1n) is 5.71. The molecule has 0 amide bonds.